The molecule has 7 nitrogen and oxygen atoms in total. The normalized spacial score (nSPS) is 23.6. The number of amides is 1. The Balaban J connectivity index is 1.59. The average Bonchev–Trinajstić information content (AvgIpc) is 3.40. The quantitative estimate of drug-likeness (QED) is 0.784. The molecule has 0 spiro atoms. The van der Waals surface area contributed by atoms with Gasteiger partial charge in [-0.3, -0.25) is 9.69 Å². The molecule has 0 aliphatic carbocycles. The Kier molecular flexibility index (Phi) is 5.63. The first kappa shape index (κ1) is 20.9. The van der Waals surface area contributed by atoms with Crippen LogP contribution in [0.2, 0.25) is 0 Å². The van der Waals surface area contributed by atoms with Crippen molar-refractivity contribution in [2.45, 2.75) is 38.8 Å². The van der Waals surface area contributed by atoms with Crippen LogP contribution in [-0.4, -0.2) is 67.6 Å². The number of aromatic nitrogens is 1. The lowest BCUT2D eigenvalue weighted by molar-refractivity contribution is 0.0918. The minimum Gasteiger partial charge on any atom is -0.497 e. The number of ether oxygens (including phenoxy) is 1. The van der Waals surface area contributed by atoms with Crippen molar-refractivity contribution in [3.63, 3.8) is 0 Å². The Morgan fingerprint density at radius 1 is 1.13 bits per heavy atom. The topological polar surface area (TPSA) is 80.6 Å². The fourth-order valence-corrected chi connectivity index (χ4v) is 6.74. The maximum atomic E-state index is 13.2. The summed E-state index contributed by atoms with van der Waals surface area (Å²) in [5.74, 6) is 0.661. The molecule has 2 aliphatic rings. The third kappa shape index (κ3) is 3.98. The van der Waals surface area contributed by atoms with Crippen LogP contribution in [0.3, 0.4) is 0 Å². The number of sulfone groups is 1. The summed E-state index contributed by atoms with van der Waals surface area (Å²) < 4.78 is 31.9. The number of carbonyl (C=O) groups is 1. The molecule has 1 N–H and O–H groups in total. The van der Waals surface area contributed by atoms with E-state index in [9.17, 15) is 13.2 Å². The smallest absolute Gasteiger partial charge is 0.253 e. The van der Waals surface area contributed by atoms with Crippen molar-refractivity contribution in [1.82, 2.24) is 14.8 Å². The second kappa shape index (κ2) is 8.07. The molecule has 162 valence electrons. The molecule has 2 saturated heterocycles. The van der Waals surface area contributed by atoms with E-state index in [4.69, 9.17) is 4.74 Å². The molecule has 2 unspecified atom stereocenters. The molecule has 2 atom stereocenters. The molecular weight excluding hydrogens is 402 g/mol. The molecule has 0 saturated carbocycles. The number of carbonyl (C=O) groups excluding carboxylic acids is 1. The van der Waals surface area contributed by atoms with Crippen molar-refractivity contribution < 1.29 is 17.9 Å². The minimum absolute atomic E-state index is 0.00846. The van der Waals surface area contributed by atoms with Crippen molar-refractivity contribution in [3.05, 3.63) is 47.3 Å². The van der Waals surface area contributed by atoms with Crippen LogP contribution in [0.4, 0.5) is 0 Å². The zero-order valence-corrected chi connectivity index (χ0v) is 18.5. The average molecular weight is 432 g/mol. The predicted molar refractivity (Wildman–Crippen MR) is 116 cm³/mol. The van der Waals surface area contributed by atoms with Gasteiger partial charge in [-0.2, -0.15) is 0 Å². The van der Waals surface area contributed by atoms with Crippen LogP contribution in [0.15, 0.2) is 30.3 Å². The van der Waals surface area contributed by atoms with Crippen LogP contribution < -0.4 is 10.1 Å². The summed E-state index contributed by atoms with van der Waals surface area (Å²) in [4.78, 5) is 15.4. The molecule has 0 bridgehead atoms. The molecule has 2 aromatic rings. The van der Waals surface area contributed by atoms with E-state index in [2.05, 4.69) is 10.2 Å². The molecule has 3 heterocycles. The summed E-state index contributed by atoms with van der Waals surface area (Å²) in [5, 5.41) is 3.04. The molecular formula is C22H29N3O4S. The van der Waals surface area contributed by atoms with Gasteiger partial charge in [0, 0.05) is 29.2 Å². The van der Waals surface area contributed by atoms with E-state index in [1.54, 1.807) is 7.11 Å². The Hall–Kier alpha value is -2.32. The number of rotatable bonds is 5. The fourth-order valence-electron chi connectivity index (χ4n) is 4.79. The number of nitrogens with zero attached hydrogens (tertiary/aromatic N) is 2. The largest absolute Gasteiger partial charge is 0.497 e. The summed E-state index contributed by atoms with van der Waals surface area (Å²) in [7, 11) is -1.52. The third-order valence-corrected chi connectivity index (χ3v) is 7.95. The second-order valence-corrected chi connectivity index (χ2v) is 10.4. The summed E-state index contributed by atoms with van der Waals surface area (Å²) in [6.45, 7) is 5.66. The van der Waals surface area contributed by atoms with Gasteiger partial charge in [0.15, 0.2) is 9.84 Å². The number of benzene rings is 1. The van der Waals surface area contributed by atoms with E-state index in [0.717, 1.165) is 48.8 Å². The van der Waals surface area contributed by atoms with Crippen LogP contribution in [0.1, 0.15) is 34.6 Å². The van der Waals surface area contributed by atoms with Crippen molar-refractivity contribution in [3.8, 4) is 11.4 Å². The van der Waals surface area contributed by atoms with Crippen LogP contribution >= 0.6 is 0 Å². The van der Waals surface area contributed by atoms with Crippen LogP contribution in [-0.2, 0) is 9.84 Å². The van der Waals surface area contributed by atoms with Crippen molar-refractivity contribution >= 4 is 15.7 Å². The van der Waals surface area contributed by atoms with Crippen molar-refractivity contribution in [2.24, 2.45) is 0 Å². The van der Waals surface area contributed by atoms with E-state index in [1.165, 1.54) is 0 Å². The van der Waals surface area contributed by atoms with Gasteiger partial charge in [0.2, 0.25) is 0 Å². The zero-order valence-electron chi connectivity index (χ0n) is 17.7. The van der Waals surface area contributed by atoms with Crippen LogP contribution in [0.25, 0.3) is 5.69 Å². The first-order chi connectivity index (χ1) is 14.3. The van der Waals surface area contributed by atoms with E-state index < -0.39 is 9.84 Å². The summed E-state index contributed by atoms with van der Waals surface area (Å²) in [5.41, 5.74) is 3.24. The van der Waals surface area contributed by atoms with Gasteiger partial charge in [0.25, 0.3) is 5.91 Å². The minimum atomic E-state index is -3.15. The Morgan fingerprint density at radius 3 is 2.57 bits per heavy atom. The van der Waals surface area contributed by atoms with Crippen LogP contribution in [0.5, 0.6) is 5.75 Å². The molecule has 2 aliphatic heterocycles. The molecule has 4 rings (SSSR count). The van der Waals surface area contributed by atoms with Gasteiger partial charge in [-0.1, -0.05) is 6.07 Å². The Morgan fingerprint density at radius 2 is 1.87 bits per heavy atom. The molecule has 0 radical (unpaired) electrons. The Labute approximate surface area is 177 Å². The lowest BCUT2D eigenvalue weighted by Gasteiger charge is -2.28. The Bertz CT molecular complexity index is 1050. The van der Waals surface area contributed by atoms with Crippen LogP contribution in [0, 0.1) is 13.8 Å². The van der Waals surface area contributed by atoms with Gasteiger partial charge < -0.3 is 14.6 Å². The number of hydrogen-bond acceptors (Lipinski definition) is 5. The maximum absolute atomic E-state index is 13.2. The highest BCUT2D eigenvalue weighted by atomic mass is 32.2. The highest BCUT2D eigenvalue weighted by Crippen LogP contribution is 2.26. The molecule has 1 aromatic carbocycles. The summed E-state index contributed by atoms with van der Waals surface area (Å²) in [6.07, 6.45) is 2.16. The summed E-state index contributed by atoms with van der Waals surface area (Å²) >= 11 is 0. The maximum Gasteiger partial charge on any atom is 0.253 e. The van der Waals surface area contributed by atoms with Gasteiger partial charge in [0.1, 0.15) is 5.75 Å². The number of hydrogen-bond donors (Lipinski definition) is 1. The van der Waals surface area contributed by atoms with Crippen molar-refractivity contribution in [2.75, 3.05) is 31.7 Å². The third-order valence-electron chi connectivity index (χ3n) is 6.24. The van der Waals surface area contributed by atoms with E-state index in [-0.39, 0.29) is 29.5 Å². The number of aryl methyl sites for hydroxylation is 1. The molecule has 2 fully saturated rings. The zero-order chi connectivity index (χ0) is 21.5. The molecule has 1 amide bonds. The molecule has 1 aromatic heterocycles. The van der Waals surface area contributed by atoms with E-state index in [1.807, 2.05) is 48.7 Å². The predicted octanol–water partition coefficient (Wildman–Crippen LogP) is 2.09. The summed E-state index contributed by atoms with van der Waals surface area (Å²) in [6, 6.07) is 9.04. The molecule has 8 heteroatoms. The number of nitrogens with one attached hydrogen (secondary N) is 1. The van der Waals surface area contributed by atoms with Gasteiger partial charge in [0.05, 0.1) is 30.2 Å². The number of likely N-dealkylation sites (tertiary alicyclic amines) is 1. The van der Waals surface area contributed by atoms with E-state index >= 15 is 0 Å². The number of methoxy groups -OCH3 is 1. The standard InChI is InChI=1S/C22H29N3O4S/c1-15-11-19(16(2)25(15)17-7-6-8-18(12-17)29-3)22(26)23-20-13-30(27,28)14-21(20)24-9-4-5-10-24/h6-8,11-12,20-21H,4-5,9-10,13-14H2,1-3H3,(H,23,26). The highest BCUT2D eigenvalue weighted by molar-refractivity contribution is 7.91. The first-order valence-corrected chi connectivity index (χ1v) is 12.2. The first-order valence-electron chi connectivity index (χ1n) is 10.4. The fraction of sp³-hybridized carbons (Fsp3) is 0.500. The molecule has 30 heavy (non-hydrogen) atoms. The monoisotopic (exact) mass is 431 g/mol. The van der Waals surface area contributed by atoms with Gasteiger partial charge in [-0.05, 0) is 58.0 Å². The van der Waals surface area contributed by atoms with Gasteiger partial charge >= 0.3 is 0 Å². The lowest BCUT2D eigenvalue weighted by atomic mass is 10.1. The van der Waals surface area contributed by atoms with Crippen molar-refractivity contribution in [1.29, 1.82) is 0 Å². The van der Waals surface area contributed by atoms with E-state index in [0.29, 0.717) is 5.56 Å². The SMILES string of the molecule is COc1cccc(-n2c(C)cc(C(=O)NC3CS(=O)(=O)CC3N3CCCC3)c2C)c1. The lowest BCUT2D eigenvalue weighted by Crippen LogP contribution is -2.50. The van der Waals surface area contributed by atoms with Gasteiger partial charge in [-0.25, -0.2) is 8.42 Å². The second-order valence-electron chi connectivity index (χ2n) is 8.29. The van der Waals surface area contributed by atoms with Gasteiger partial charge in [-0.15, -0.1) is 0 Å². The highest BCUT2D eigenvalue weighted by Gasteiger charge is 2.42.